The zero-order valence-corrected chi connectivity index (χ0v) is 23.8. The standard InChI is InChI=1S/C27H24N4O9S2/c1-3-40-25(36)12-4-7-14(8-5-12)29-17(33)11-30-24-21(42-27(30)38)18(13-6-9-15(32)16(10-13)39-2)19-20(41-24)23(35)31(22(19)34)26(28)37/h4-10,18-20,32H,3,11H2,1-2H3,(H2,28,37)(H,29,33)/t18-,19+,20-/m0/s1. The Bertz CT molecular complexity index is 1680. The van der Waals surface area contributed by atoms with Gasteiger partial charge < -0.3 is 25.6 Å². The lowest BCUT2D eigenvalue weighted by Gasteiger charge is -2.30. The summed E-state index contributed by atoms with van der Waals surface area (Å²) >= 11 is 1.73. The van der Waals surface area contributed by atoms with Crippen molar-refractivity contribution in [2.24, 2.45) is 11.7 Å². The Kier molecular flexibility index (Phi) is 7.79. The highest BCUT2D eigenvalue weighted by Gasteiger charge is 2.58. The first kappa shape index (κ1) is 28.9. The molecule has 2 aliphatic rings. The van der Waals surface area contributed by atoms with Crippen LogP contribution in [-0.4, -0.2) is 63.3 Å². The number of imide groups is 3. The maximum atomic E-state index is 13.3. The molecule has 2 aliphatic heterocycles. The van der Waals surface area contributed by atoms with Crippen LogP contribution in [0.3, 0.4) is 0 Å². The number of phenolic OH excluding ortho intramolecular Hbond substituents is 1. The van der Waals surface area contributed by atoms with Gasteiger partial charge in [-0.1, -0.05) is 29.2 Å². The highest BCUT2D eigenvalue weighted by molar-refractivity contribution is 8.00. The molecule has 2 aromatic carbocycles. The molecule has 0 aliphatic carbocycles. The fraction of sp³-hybridized carbons (Fsp3) is 0.259. The minimum absolute atomic E-state index is 0.104. The van der Waals surface area contributed by atoms with E-state index in [-0.39, 0.29) is 18.1 Å². The number of thiazole rings is 1. The highest BCUT2D eigenvalue weighted by atomic mass is 32.2. The molecule has 5 rings (SSSR count). The number of anilines is 1. The van der Waals surface area contributed by atoms with Crippen molar-refractivity contribution in [3.63, 3.8) is 0 Å². The number of ether oxygens (including phenoxy) is 2. The van der Waals surface area contributed by atoms with Crippen molar-refractivity contribution in [1.29, 1.82) is 0 Å². The minimum Gasteiger partial charge on any atom is -0.504 e. The van der Waals surface area contributed by atoms with Gasteiger partial charge >= 0.3 is 16.9 Å². The molecule has 13 nitrogen and oxygen atoms in total. The third-order valence-corrected chi connectivity index (χ3v) is 9.42. The molecular formula is C27H24N4O9S2. The maximum absolute atomic E-state index is 13.3. The quantitative estimate of drug-likeness (QED) is 0.263. The van der Waals surface area contributed by atoms with Gasteiger partial charge in [0.1, 0.15) is 11.8 Å². The van der Waals surface area contributed by atoms with Gasteiger partial charge in [0.15, 0.2) is 11.5 Å². The van der Waals surface area contributed by atoms with Crippen molar-refractivity contribution < 1.29 is 38.6 Å². The zero-order chi connectivity index (χ0) is 30.3. The molecule has 3 atom stereocenters. The third-order valence-electron chi connectivity index (χ3n) is 6.81. The van der Waals surface area contributed by atoms with E-state index in [2.05, 4.69) is 5.32 Å². The van der Waals surface area contributed by atoms with Crippen LogP contribution in [-0.2, 0) is 25.7 Å². The molecule has 3 heterocycles. The Balaban J connectivity index is 1.50. The van der Waals surface area contributed by atoms with Gasteiger partial charge in [0.25, 0.3) is 5.91 Å². The van der Waals surface area contributed by atoms with Crippen LogP contribution in [0.25, 0.3) is 0 Å². The van der Waals surface area contributed by atoms with Crippen LogP contribution in [0.1, 0.15) is 33.6 Å². The number of benzene rings is 2. The number of methoxy groups -OCH3 is 1. The van der Waals surface area contributed by atoms with E-state index in [4.69, 9.17) is 15.2 Å². The number of urea groups is 1. The van der Waals surface area contributed by atoms with E-state index >= 15 is 0 Å². The monoisotopic (exact) mass is 612 g/mol. The van der Waals surface area contributed by atoms with Crippen molar-refractivity contribution in [3.8, 4) is 11.5 Å². The normalized spacial score (nSPS) is 19.2. The van der Waals surface area contributed by atoms with E-state index in [1.165, 1.54) is 54.1 Å². The second-order valence-electron chi connectivity index (χ2n) is 9.29. The summed E-state index contributed by atoms with van der Waals surface area (Å²) < 4.78 is 11.4. The summed E-state index contributed by atoms with van der Waals surface area (Å²) in [4.78, 5) is 76.9. The van der Waals surface area contributed by atoms with Crippen LogP contribution in [0.2, 0.25) is 0 Å². The molecule has 0 radical (unpaired) electrons. The SMILES string of the molecule is CCOC(=O)c1ccc(NC(=O)Cn2c3c(sc2=O)[C@@H](c2ccc(O)c(OC)c2)[C@H]2C(=O)N(C(N)=O)C(=O)[C@H]2S3)cc1. The van der Waals surface area contributed by atoms with Crippen molar-refractivity contribution in [2.45, 2.75) is 29.7 Å². The number of fused-ring (bicyclic) bond motifs is 2. The van der Waals surface area contributed by atoms with Crippen LogP contribution in [0.5, 0.6) is 11.5 Å². The topological polar surface area (TPSA) is 187 Å². The summed E-state index contributed by atoms with van der Waals surface area (Å²) in [6, 6.07) is 9.19. The number of carbonyl (C=O) groups is 5. The number of nitrogens with zero attached hydrogens (tertiary/aromatic N) is 2. The van der Waals surface area contributed by atoms with Gasteiger partial charge in [-0.25, -0.2) is 9.59 Å². The van der Waals surface area contributed by atoms with Gasteiger partial charge in [-0.2, -0.15) is 4.90 Å². The molecule has 1 aromatic heterocycles. The van der Waals surface area contributed by atoms with Crippen LogP contribution in [0.4, 0.5) is 10.5 Å². The van der Waals surface area contributed by atoms with Gasteiger partial charge in [-0.3, -0.25) is 23.7 Å². The number of rotatable bonds is 7. The van der Waals surface area contributed by atoms with Crippen molar-refractivity contribution in [2.75, 3.05) is 19.0 Å². The van der Waals surface area contributed by atoms with Crippen LogP contribution < -0.4 is 20.7 Å². The Morgan fingerprint density at radius 2 is 1.79 bits per heavy atom. The molecule has 0 bridgehead atoms. The molecule has 5 amide bonds. The summed E-state index contributed by atoms with van der Waals surface area (Å²) in [6.45, 7) is 1.49. The minimum atomic E-state index is -1.21. The number of primary amides is 1. The number of hydrogen-bond donors (Lipinski definition) is 3. The van der Waals surface area contributed by atoms with Gasteiger partial charge in [0, 0.05) is 16.5 Å². The molecule has 42 heavy (non-hydrogen) atoms. The lowest BCUT2D eigenvalue weighted by atomic mass is 9.83. The molecule has 0 spiro atoms. The number of phenols is 1. The summed E-state index contributed by atoms with van der Waals surface area (Å²) in [5.74, 6) is -4.68. The summed E-state index contributed by atoms with van der Waals surface area (Å²) in [5, 5.41) is 12.0. The van der Waals surface area contributed by atoms with E-state index < -0.39 is 58.2 Å². The number of amides is 5. The molecule has 0 saturated carbocycles. The number of thioether (sulfide) groups is 1. The largest absolute Gasteiger partial charge is 0.504 e. The first-order valence-corrected chi connectivity index (χ1v) is 14.3. The second kappa shape index (κ2) is 11.3. The van der Waals surface area contributed by atoms with Crippen molar-refractivity contribution in [1.82, 2.24) is 9.47 Å². The predicted molar refractivity (Wildman–Crippen MR) is 151 cm³/mol. The molecule has 218 valence electrons. The average molecular weight is 613 g/mol. The molecule has 1 fully saturated rings. The smallest absolute Gasteiger partial charge is 0.338 e. The van der Waals surface area contributed by atoms with E-state index in [9.17, 15) is 33.9 Å². The van der Waals surface area contributed by atoms with Crippen molar-refractivity contribution in [3.05, 3.63) is 68.1 Å². The number of carbonyl (C=O) groups excluding carboxylic acids is 5. The summed E-state index contributed by atoms with van der Waals surface area (Å²) in [5.41, 5.74) is 6.48. The fourth-order valence-corrected chi connectivity index (χ4v) is 7.74. The lowest BCUT2D eigenvalue weighted by Crippen LogP contribution is -2.41. The number of aromatic hydroxyl groups is 1. The van der Waals surface area contributed by atoms with Gasteiger partial charge in [0.05, 0.1) is 30.2 Å². The first-order chi connectivity index (χ1) is 20.0. The van der Waals surface area contributed by atoms with Gasteiger partial charge in [0.2, 0.25) is 11.8 Å². The van der Waals surface area contributed by atoms with Crippen LogP contribution >= 0.6 is 23.1 Å². The second-order valence-corrected chi connectivity index (χ2v) is 11.4. The highest BCUT2D eigenvalue weighted by Crippen LogP contribution is 2.53. The Morgan fingerprint density at radius 1 is 1.07 bits per heavy atom. The third kappa shape index (κ3) is 5.00. The average Bonchev–Trinajstić information content (AvgIpc) is 3.40. The molecule has 3 aromatic rings. The lowest BCUT2D eigenvalue weighted by molar-refractivity contribution is -0.135. The fourth-order valence-electron chi connectivity index (χ4n) is 4.97. The van der Waals surface area contributed by atoms with E-state index in [1.54, 1.807) is 6.92 Å². The van der Waals surface area contributed by atoms with Gasteiger partial charge in [-0.15, -0.1) is 0 Å². The summed E-state index contributed by atoms with van der Waals surface area (Å²) in [6.07, 6.45) is 0. The Hall–Kier alpha value is -4.63. The van der Waals surface area contributed by atoms with Gasteiger partial charge in [-0.05, 0) is 48.9 Å². The summed E-state index contributed by atoms with van der Waals surface area (Å²) in [7, 11) is 1.35. The Morgan fingerprint density at radius 3 is 2.43 bits per heavy atom. The van der Waals surface area contributed by atoms with Crippen molar-refractivity contribution >= 4 is 58.5 Å². The number of nitrogens with two attached hydrogens (primary N) is 1. The predicted octanol–water partition coefficient (Wildman–Crippen LogP) is 2.11. The Labute approximate surface area is 246 Å². The number of esters is 1. The van der Waals surface area contributed by atoms with E-state index in [1.807, 2.05) is 0 Å². The number of likely N-dealkylation sites (tertiary alicyclic amines) is 1. The van der Waals surface area contributed by atoms with Crippen LogP contribution in [0, 0.1) is 5.92 Å². The van der Waals surface area contributed by atoms with E-state index in [0.29, 0.717) is 31.6 Å². The first-order valence-electron chi connectivity index (χ1n) is 12.6. The zero-order valence-electron chi connectivity index (χ0n) is 22.2. The number of aromatic nitrogens is 1. The number of nitrogens with one attached hydrogen (secondary N) is 1. The molecule has 15 heteroatoms. The number of hydrogen-bond acceptors (Lipinski definition) is 11. The maximum Gasteiger partial charge on any atom is 0.338 e. The molecule has 4 N–H and O–H groups in total. The van der Waals surface area contributed by atoms with E-state index in [0.717, 1.165) is 23.1 Å². The molecule has 0 unspecified atom stereocenters. The molecule has 1 saturated heterocycles. The molecular weight excluding hydrogens is 588 g/mol. The van der Waals surface area contributed by atoms with Crippen LogP contribution in [0.15, 0.2) is 52.3 Å².